The third kappa shape index (κ3) is 5.74. The fourth-order valence-corrected chi connectivity index (χ4v) is 2.34. The molecule has 1 atom stereocenters. The van der Waals surface area contributed by atoms with Gasteiger partial charge in [-0.1, -0.05) is 31.9 Å². The van der Waals surface area contributed by atoms with E-state index in [4.69, 9.17) is 4.74 Å². The highest BCUT2D eigenvalue weighted by Gasteiger charge is 2.15. The van der Waals surface area contributed by atoms with Gasteiger partial charge in [-0.25, -0.2) is 4.98 Å². The summed E-state index contributed by atoms with van der Waals surface area (Å²) in [5.74, 6) is 0.743. The predicted octanol–water partition coefficient (Wildman–Crippen LogP) is 4.27. The zero-order valence-corrected chi connectivity index (χ0v) is 12.9. The van der Waals surface area contributed by atoms with Gasteiger partial charge in [0, 0.05) is 17.8 Å². The Balaban J connectivity index is 2.60. The van der Waals surface area contributed by atoms with Crippen LogP contribution in [0.5, 0.6) is 5.88 Å². The van der Waals surface area contributed by atoms with Crippen LogP contribution in [0.15, 0.2) is 31.0 Å². The van der Waals surface area contributed by atoms with E-state index in [2.05, 4.69) is 29.9 Å². The van der Waals surface area contributed by atoms with Crippen LogP contribution >= 0.6 is 0 Å². The summed E-state index contributed by atoms with van der Waals surface area (Å²) in [6, 6.07) is 4.43. The maximum absolute atomic E-state index is 5.39. The van der Waals surface area contributed by atoms with Crippen molar-refractivity contribution in [3.63, 3.8) is 0 Å². The molecular formula is C17H28N2O. The van der Waals surface area contributed by atoms with Crippen LogP contribution in [0.3, 0.4) is 0 Å². The average Bonchev–Trinajstić information content (AvgIpc) is 2.50. The molecule has 1 N–H and O–H groups in total. The van der Waals surface area contributed by atoms with E-state index in [1.54, 1.807) is 13.3 Å². The molecule has 1 aromatic heterocycles. The Morgan fingerprint density at radius 3 is 2.95 bits per heavy atom. The normalized spacial score (nSPS) is 12.1. The molecule has 0 aliphatic heterocycles. The van der Waals surface area contributed by atoms with Gasteiger partial charge < -0.3 is 10.1 Å². The van der Waals surface area contributed by atoms with Gasteiger partial charge in [0.2, 0.25) is 5.88 Å². The first-order valence-electron chi connectivity index (χ1n) is 7.66. The van der Waals surface area contributed by atoms with Gasteiger partial charge in [-0.2, -0.15) is 0 Å². The Morgan fingerprint density at radius 1 is 1.40 bits per heavy atom. The van der Waals surface area contributed by atoms with Crippen molar-refractivity contribution in [3.8, 4) is 5.88 Å². The van der Waals surface area contributed by atoms with Gasteiger partial charge >= 0.3 is 0 Å². The molecule has 0 fully saturated rings. The number of ether oxygens (including phenoxy) is 1. The highest BCUT2D eigenvalue weighted by molar-refractivity contribution is 5.28. The van der Waals surface area contributed by atoms with E-state index >= 15 is 0 Å². The Morgan fingerprint density at radius 2 is 2.25 bits per heavy atom. The molecule has 112 valence electrons. The Labute approximate surface area is 123 Å². The summed E-state index contributed by atoms with van der Waals surface area (Å²) in [5.41, 5.74) is 1.17. The minimum atomic E-state index is 0.335. The molecule has 1 aromatic rings. The SMILES string of the molecule is C=CCCCCCC(NCCC)c1cccnc1OC. The highest BCUT2D eigenvalue weighted by Crippen LogP contribution is 2.26. The standard InChI is InChI=1S/C17H28N2O/c1-4-6-7-8-9-12-16(18-13-5-2)15-11-10-14-19-17(15)20-3/h4,10-11,14,16,18H,1,5-9,12-13H2,2-3H3. The zero-order valence-electron chi connectivity index (χ0n) is 12.9. The molecule has 0 bridgehead atoms. The summed E-state index contributed by atoms with van der Waals surface area (Å²) in [4.78, 5) is 4.31. The zero-order chi connectivity index (χ0) is 14.6. The van der Waals surface area contributed by atoms with Crippen LogP contribution in [0, 0.1) is 0 Å². The van der Waals surface area contributed by atoms with Crippen molar-refractivity contribution >= 4 is 0 Å². The topological polar surface area (TPSA) is 34.2 Å². The van der Waals surface area contributed by atoms with Crippen LogP contribution in [0.1, 0.15) is 57.1 Å². The number of nitrogens with zero attached hydrogens (tertiary/aromatic N) is 1. The number of pyridine rings is 1. The molecule has 0 aliphatic carbocycles. The van der Waals surface area contributed by atoms with Crippen molar-refractivity contribution in [2.45, 2.75) is 51.5 Å². The summed E-state index contributed by atoms with van der Waals surface area (Å²) in [6.07, 6.45) is 10.8. The Kier molecular flexibility index (Phi) is 8.72. The maximum Gasteiger partial charge on any atom is 0.217 e. The van der Waals surface area contributed by atoms with E-state index in [0.29, 0.717) is 6.04 Å². The van der Waals surface area contributed by atoms with Crippen molar-refractivity contribution in [2.75, 3.05) is 13.7 Å². The largest absolute Gasteiger partial charge is 0.481 e. The number of hydrogen-bond acceptors (Lipinski definition) is 3. The average molecular weight is 276 g/mol. The van der Waals surface area contributed by atoms with Gasteiger partial charge in [0.05, 0.1) is 7.11 Å². The van der Waals surface area contributed by atoms with Gasteiger partial charge in [0.15, 0.2) is 0 Å². The van der Waals surface area contributed by atoms with Crippen LogP contribution in [0.2, 0.25) is 0 Å². The maximum atomic E-state index is 5.39. The molecule has 0 saturated carbocycles. The number of nitrogens with one attached hydrogen (secondary N) is 1. The van der Waals surface area contributed by atoms with E-state index in [-0.39, 0.29) is 0 Å². The fourth-order valence-electron chi connectivity index (χ4n) is 2.34. The van der Waals surface area contributed by atoms with E-state index in [0.717, 1.165) is 31.7 Å². The molecule has 0 aliphatic rings. The fraction of sp³-hybridized carbons (Fsp3) is 0.588. The third-order valence-corrected chi connectivity index (χ3v) is 3.41. The second-order valence-electron chi connectivity index (χ2n) is 5.04. The van der Waals surface area contributed by atoms with Gasteiger partial charge in [-0.05, 0) is 38.3 Å². The third-order valence-electron chi connectivity index (χ3n) is 3.41. The minimum Gasteiger partial charge on any atom is -0.481 e. The monoisotopic (exact) mass is 276 g/mol. The van der Waals surface area contributed by atoms with Crippen molar-refractivity contribution < 1.29 is 4.74 Å². The smallest absolute Gasteiger partial charge is 0.217 e. The lowest BCUT2D eigenvalue weighted by Crippen LogP contribution is -2.23. The molecule has 1 heterocycles. The summed E-state index contributed by atoms with van der Waals surface area (Å²) in [7, 11) is 1.69. The highest BCUT2D eigenvalue weighted by atomic mass is 16.5. The number of allylic oxidation sites excluding steroid dienone is 1. The number of rotatable bonds is 11. The van der Waals surface area contributed by atoms with E-state index in [1.165, 1.54) is 24.8 Å². The van der Waals surface area contributed by atoms with Gasteiger partial charge in [-0.15, -0.1) is 6.58 Å². The van der Waals surface area contributed by atoms with Crippen LogP contribution in [0.25, 0.3) is 0 Å². The molecule has 20 heavy (non-hydrogen) atoms. The molecule has 0 spiro atoms. The molecule has 0 radical (unpaired) electrons. The van der Waals surface area contributed by atoms with Crippen LogP contribution in [-0.4, -0.2) is 18.6 Å². The second kappa shape index (κ2) is 10.4. The first-order chi connectivity index (χ1) is 9.83. The first-order valence-corrected chi connectivity index (χ1v) is 7.66. The van der Waals surface area contributed by atoms with Gasteiger partial charge in [0.25, 0.3) is 0 Å². The number of hydrogen-bond donors (Lipinski definition) is 1. The number of aromatic nitrogens is 1. The molecule has 0 saturated heterocycles. The van der Waals surface area contributed by atoms with Crippen molar-refractivity contribution in [1.29, 1.82) is 0 Å². The van der Waals surface area contributed by atoms with Gasteiger partial charge in [0.1, 0.15) is 0 Å². The summed E-state index contributed by atoms with van der Waals surface area (Å²) >= 11 is 0. The van der Waals surface area contributed by atoms with E-state index < -0.39 is 0 Å². The first kappa shape index (κ1) is 16.7. The molecule has 3 heteroatoms. The predicted molar refractivity (Wildman–Crippen MR) is 85.1 cm³/mol. The quantitative estimate of drug-likeness (QED) is 0.484. The lowest BCUT2D eigenvalue weighted by Gasteiger charge is -2.20. The molecule has 1 unspecified atom stereocenters. The molecule has 1 rings (SSSR count). The minimum absolute atomic E-state index is 0.335. The Bertz CT molecular complexity index is 379. The number of methoxy groups -OCH3 is 1. The molecule has 0 aromatic carbocycles. The lowest BCUT2D eigenvalue weighted by atomic mass is 10.0. The van der Waals surface area contributed by atoms with Crippen LogP contribution in [-0.2, 0) is 0 Å². The second-order valence-corrected chi connectivity index (χ2v) is 5.04. The van der Waals surface area contributed by atoms with Crippen molar-refractivity contribution in [1.82, 2.24) is 10.3 Å². The van der Waals surface area contributed by atoms with Gasteiger partial charge in [-0.3, -0.25) is 0 Å². The number of unbranched alkanes of at least 4 members (excludes halogenated alkanes) is 3. The summed E-state index contributed by atoms with van der Waals surface area (Å²) in [5, 5.41) is 3.61. The van der Waals surface area contributed by atoms with E-state index in [9.17, 15) is 0 Å². The van der Waals surface area contributed by atoms with Crippen molar-refractivity contribution in [2.24, 2.45) is 0 Å². The van der Waals surface area contributed by atoms with Crippen LogP contribution in [0.4, 0.5) is 0 Å². The van der Waals surface area contributed by atoms with E-state index in [1.807, 2.05) is 12.1 Å². The summed E-state index contributed by atoms with van der Waals surface area (Å²) < 4.78 is 5.39. The van der Waals surface area contributed by atoms with Crippen molar-refractivity contribution in [3.05, 3.63) is 36.5 Å². The summed E-state index contributed by atoms with van der Waals surface area (Å²) in [6.45, 7) is 6.98. The molecular weight excluding hydrogens is 248 g/mol. The van der Waals surface area contributed by atoms with Crippen LogP contribution < -0.4 is 10.1 Å². The molecule has 0 amide bonds. The lowest BCUT2D eigenvalue weighted by molar-refractivity contribution is 0.376. The Hall–Kier alpha value is -1.35. The molecule has 3 nitrogen and oxygen atoms in total.